The molecule has 114 valence electrons. The maximum atomic E-state index is 12.5. The van der Waals surface area contributed by atoms with Gasteiger partial charge in [0.2, 0.25) is 0 Å². The Morgan fingerprint density at radius 2 is 1.82 bits per heavy atom. The second-order valence-electron chi connectivity index (χ2n) is 5.10. The van der Waals surface area contributed by atoms with Gasteiger partial charge in [-0.25, -0.2) is 0 Å². The standard InChI is InChI=1S/C16H15ClN2O2S/c17-13-6-2-1-5-11(13)14(20)18-15-12(7-10-22-15)16(21)19-8-3-4-9-19/h1-2,5-7,10H,3-4,8-9H2,(H,18,20). The van der Waals surface area contributed by atoms with Crippen LogP contribution in [0.3, 0.4) is 0 Å². The van der Waals surface area contributed by atoms with Crippen LogP contribution in [-0.4, -0.2) is 29.8 Å². The monoisotopic (exact) mass is 334 g/mol. The van der Waals surface area contributed by atoms with Crippen molar-refractivity contribution in [1.29, 1.82) is 0 Å². The molecule has 6 heteroatoms. The van der Waals surface area contributed by atoms with Crippen molar-refractivity contribution in [3.05, 3.63) is 51.9 Å². The lowest BCUT2D eigenvalue weighted by atomic mass is 10.2. The summed E-state index contributed by atoms with van der Waals surface area (Å²) in [5.41, 5.74) is 0.949. The van der Waals surface area contributed by atoms with Crippen molar-refractivity contribution in [3.8, 4) is 0 Å². The summed E-state index contributed by atoms with van der Waals surface area (Å²) >= 11 is 7.38. The van der Waals surface area contributed by atoms with E-state index in [9.17, 15) is 9.59 Å². The van der Waals surface area contributed by atoms with Crippen LogP contribution in [0.4, 0.5) is 5.00 Å². The number of rotatable bonds is 3. The summed E-state index contributed by atoms with van der Waals surface area (Å²) < 4.78 is 0. The first-order valence-electron chi connectivity index (χ1n) is 7.09. The first-order chi connectivity index (χ1) is 10.7. The van der Waals surface area contributed by atoms with E-state index in [1.165, 1.54) is 11.3 Å². The average Bonchev–Trinajstić information content (AvgIpc) is 3.18. The molecule has 2 aromatic rings. The molecule has 0 radical (unpaired) electrons. The van der Waals surface area contributed by atoms with E-state index < -0.39 is 0 Å². The Hall–Kier alpha value is -1.85. The minimum absolute atomic E-state index is 0.0202. The summed E-state index contributed by atoms with van der Waals surface area (Å²) in [5, 5.41) is 5.57. The predicted molar refractivity (Wildman–Crippen MR) is 88.9 cm³/mol. The Kier molecular flexibility index (Phi) is 4.45. The number of thiophene rings is 1. The van der Waals surface area contributed by atoms with E-state index in [-0.39, 0.29) is 11.8 Å². The van der Waals surface area contributed by atoms with Gasteiger partial charge in [0, 0.05) is 13.1 Å². The van der Waals surface area contributed by atoms with Gasteiger partial charge < -0.3 is 10.2 Å². The number of hydrogen-bond donors (Lipinski definition) is 1. The molecular weight excluding hydrogens is 320 g/mol. The molecule has 2 heterocycles. The second kappa shape index (κ2) is 6.50. The third-order valence-electron chi connectivity index (χ3n) is 3.63. The van der Waals surface area contributed by atoms with Crippen molar-refractivity contribution in [1.82, 2.24) is 4.90 Å². The van der Waals surface area contributed by atoms with Gasteiger partial charge >= 0.3 is 0 Å². The highest BCUT2D eigenvalue weighted by Crippen LogP contribution is 2.27. The van der Waals surface area contributed by atoms with E-state index >= 15 is 0 Å². The average molecular weight is 335 g/mol. The van der Waals surface area contributed by atoms with E-state index in [1.807, 2.05) is 10.3 Å². The van der Waals surface area contributed by atoms with Gasteiger partial charge in [-0.2, -0.15) is 0 Å². The van der Waals surface area contributed by atoms with Gasteiger partial charge in [0.15, 0.2) is 0 Å². The second-order valence-corrected chi connectivity index (χ2v) is 6.42. The molecule has 0 spiro atoms. The molecule has 2 amide bonds. The van der Waals surface area contributed by atoms with E-state index in [0.717, 1.165) is 25.9 Å². The molecule has 0 bridgehead atoms. The number of anilines is 1. The number of nitrogens with zero attached hydrogens (tertiary/aromatic N) is 1. The topological polar surface area (TPSA) is 49.4 Å². The van der Waals surface area contributed by atoms with Gasteiger partial charge in [0.25, 0.3) is 11.8 Å². The fourth-order valence-corrected chi connectivity index (χ4v) is 3.48. The van der Waals surface area contributed by atoms with Gasteiger partial charge in [-0.1, -0.05) is 23.7 Å². The molecule has 0 atom stereocenters. The molecule has 0 unspecified atom stereocenters. The van der Waals surface area contributed by atoms with Gasteiger partial charge in [-0.3, -0.25) is 9.59 Å². The smallest absolute Gasteiger partial charge is 0.257 e. The molecule has 0 saturated carbocycles. The molecule has 22 heavy (non-hydrogen) atoms. The molecular formula is C16H15ClN2O2S. The quantitative estimate of drug-likeness (QED) is 0.925. The Labute approximate surface area is 137 Å². The highest BCUT2D eigenvalue weighted by atomic mass is 35.5. The molecule has 1 saturated heterocycles. The summed E-state index contributed by atoms with van der Waals surface area (Å²) in [4.78, 5) is 26.6. The van der Waals surface area contributed by atoms with E-state index in [0.29, 0.717) is 21.2 Å². The summed E-state index contributed by atoms with van der Waals surface area (Å²) in [6, 6.07) is 8.61. The largest absolute Gasteiger partial charge is 0.339 e. The number of benzene rings is 1. The fraction of sp³-hybridized carbons (Fsp3) is 0.250. The predicted octanol–water partition coefficient (Wildman–Crippen LogP) is 3.89. The number of likely N-dealkylation sites (tertiary alicyclic amines) is 1. The number of halogens is 1. The van der Waals surface area contributed by atoms with Crippen molar-refractivity contribution in [2.75, 3.05) is 18.4 Å². The van der Waals surface area contributed by atoms with Gasteiger partial charge in [-0.05, 0) is 36.4 Å². The van der Waals surface area contributed by atoms with Crippen LogP contribution in [0.15, 0.2) is 35.7 Å². The third kappa shape index (κ3) is 3.00. The van der Waals surface area contributed by atoms with Crippen molar-refractivity contribution in [2.24, 2.45) is 0 Å². The Morgan fingerprint density at radius 3 is 2.55 bits per heavy atom. The Morgan fingerprint density at radius 1 is 1.09 bits per heavy atom. The van der Waals surface area contributed by atoms with Crippen LogP contribution >= 0.6 is 22.9 Å². The maximum Gasteiger partial charge on any atom is 0.257 e. The summed E-state index contributed by atoms with van der Waals surface area (Å²) in [7, 11) is 0. The van der Waals surface area contributed by atoms with Crippen LogP contribution in [0.25, 0.3) is 0 Å². The normalized spacial score (nSPS) is 14.1. The SMILES string of the molecule is O=C(Nc1sccc1C(=O)N1CCCC1)c1ccccc1Cl. The molecule has 1 fully saturated rings. The Balaban J connectivity index is 1.79. The lowest BCUT2D eigenvalue weighted by molar-refractivity contribution is 0.0794. The minimum Gasteiger partial charge on any atom is -0.339 e. The van der Waals surface area contributed by atoms with Crippen LogP contribution in [0.1, 0.15) is 33.6 Å². The Bertz CT molecular complexity index is 708. The van der Waals surface area contributed by atoms with E-state index in [1.54, 1.807) is 30.3 Å². The lowest BCUT2D eigenvalue weighted by Crippen LogP contribution is -2.28. The minimum atomic E-state index is -0.302. The van der Waals surface area contributed by atoms with Crippen molar-refractivity contribution < 1.29 is 9.59 Å². The zero-order valence-corrected chi connectivity index (χ0v) is 13.4. The zero-order chi connectivity index (χ0) is 15.5. The van der Waals surface area contributed by atoms with Crippen LogP contribution in [0.5, 0.6) is 0 Å². The highest BCUT2D eigenvalue weighted by molar-refractivity contribution is 7.14. The highest BCUT2D eigenvalue weighted by Gasteiger charge is 2.23. The van der Waals surface area contributed by atoms with Crippen molar-refractivity contribution in [3.63, 3.8) is 0 Å². The molecule has 3 rings (SSSR count). The van der Waals surface area contributed by atoms with Crippen LogP contribution < -0.4 is 5.32 Å². The van der Waals surface area contributed by atoms with Gasteiger partial charge in [0.05, 0.1) is 16.1 Å². The third-order valence-corrected chi connectivity index (χ3v) is 4.79. The summed E-state index contributed by atoms with van der Waals surface area (Å²) in [6.45, 7) is 1.57. The number of nitrogens with one attached hydrogen (secondary N) is 1. The number of hydrogen-bond acceptors (Lipinski definition) is 3. The summed E-state index contributed by atoms with van der Waals surface area (Å²) in [5.74, 6) is -0.322. The first kappa shape index (κ1) is 15.1. The van der Waals surface area contributed by atoms with Gasteiger partial charge in [-0.15, -0.1) is 11.3 Å². The zero-order valence-electron chi connectivity index (χ0n) is 11.8. The molecule has 1 aromatic heterocycles. The molecule has 1 N–H and O–H groups in total. The molecule has 4 nitrogen and oxygen atoms in total. The fourth-order valence-electron chi connectivity index (χ4n) is 2.48. The van der Waals surface area contributed by atoms with Crippen LogP contribution in [-0.2, 0) is 0 Å². The van der Waals surface area contributed by atoms with Crippen LogP contribution in [0.2, 0.25) is 5.02 Å². The van der Waals surface area contributed by atoms with E-state index in [2.05, 4.69) is 5.32 Å². The number of carbonyl (C=O) groups is 2. The molecule has 1 aliphatic heterocycles. The molecule has 1 aromatic carbocycles. The van der Waals surface area contributed by atoms with Crippen LogP contribution in [0, 0.1) is 0 Å². The number of amides is 2. The van der Waals surface area contributed by atoms with Crippen molar-refractivity contribution in [2.45, 2.75) is 12.8 Å². The molecule has 0 aliphatic carbocycles. The molecule has 1 aliphatic rings. The van der Waals surface area contributed by atoms with Gasteiger partial charge in [0.1, 0.15) is 5.00 Å². The summed E-state index contributed by atoms with van der Waals surface area (Å²) in [6.07, 6.45) is 2.08. The number of carbonyl (C=O) groups excluding carboxylic acids is 2. The van der Waals surface area contributed by atoms with E-state index in [4.69, 9.17) is 11.6 Å². The lowest BCUT2D eigenvalue weighted by Gasteiger charge is -2.15. The van der Waals surface area contributed by atoms with Crippen molar-refractivity contribution >= 4 is 39.8 Å². The maximum absolute atomic E-state index is 12.5. The first-order valence-corrected chi connectivity index (χ1v) is 8.35.